The van der Waals surface area contributed by atoms with E-state index in [-0.39, 0.29) is 31.0 Å². The fourth-order valence-corrected chi connectivity index (χ4v) is 6.26. The van der Waals surface area contributed by atoms with Gasteiger partial charge < -0.3 is 15.0 Å². The van der Waals surface area contributed by atoms with E-state index in [0.717, 1.165) is 52.1 Å². The van der Waals surface area contributed by atoms with Gasteiger partial charge in [-0.1, -0.05) is 110 Å². The number of nitrogens with zero attached hydrogens (tertiary/aromatic N) is 1. The van der Waals surface area contributed by atoms with Gasteiger partial charge in [0.05, 0.1) is 4.47 Å². The Morgan fingerprint density at radius 2 is 1.61 bits per heavy atom. The maximum atomic E-state index is 14.0. The molecule has 0 aliphatic heterocycles. The molecule has 4 aromatic carbocycles. The number of rotatable bonds is 10. The van der Waals surface area contributed by atoms with E-state index in [2.05, 4.69) is 21.2 Å². The summed E-state index contributed by atoms with van der Waals surface area (Å²) in [6.07, 6.45) is 5.70. The average molecular weight is 634 g/mol. The third kappa shape index (κ3) is 7.49. The second-order valence-corrected chi connectivity index (χ2v) is 11.7. The molecule has 1 fully saturated rings. The highest BCUT2D eigenvalue weighted by molar-refractivity contribution is 9.10. The summed E-state index contributed by atoms with van der Waals surface area (Å²) in [7, 11) is 0. The van der Waals surface area contributed by atoms with Gasteiger partial charge >= 0.3 is 0 Å². The SMILES string of the molecule is O=C(NC1CCCCC1)[C@@H](Cc1ccccc1)N(Cc1ccccc1Cl)C(=O)COc1ccc2ccccc2c1Br. The maximum Gasteiger partial charge on any atom is 0.261 e. The second kappa shape index (κ2) is 14.0. The van der Waals surface area contributed by atoms with Crippen LogP contribution in [-0.4, -0.2) is 35.4 Å². The Morgan fingerprint density at radius 3 is 2.39 bits per heavy atom. The Bertz CT molecular complexity index is 1490. The lowest BCUT2D eigenvalue weighted by Gasteiger charge is -2.33. The van der Waals surface area contributed by atoms with Gasteiger partial charge in [0, 0.05) is 24.0 Å². The van der Waals surface area contributed by atoms with E-state index in [4.69, 9.17) is 16.3 Å². The summed E-state index contributed by atoms with van der Waals surface area (Å²) in [6, 6.07) is 28.5. The summed E-state index contributed by atoms with van der Waals surface area (Å²) in [5.74, 6) is 0.138. The van der Waals surface area contributed by atoms with Crippen molar-refractivity contribution < 1.29 is 14.3 Å². The minimum atomic E-state index is -0.730. The summed E-state index contributed by atoms with van der Waals surface area (Å²) >= 11 is 10.2. The molecular formula is C34H34BrClN2O3. The summed E-state index contributed by atoms with van der Waals surface area (Å²) in [4.78, 5) is 29.5. The Morgan fingerprint density at radius 1 is 0.902 bits per heavy atom. The molecule has 1 atom stereocenters. The van der Waals surface area contributed by atoms with Gasteiger partial charge in [-0.15, -0.1) is 0 Å². The van der Waals surface area contributed by atoms with Crippen LogP contribution in [0.5, 0.6) is 5.75 Å². The first-order chi connectivity index (χ1) is 20.0. The lowest BCUT2D eigenvalue weighted by atomic mass is 9.94. The van der Waals surface area contributed by atoms with E-state index in [1.807, 2.05) is 84.9 Å². The Balaban J connectivity index is 1.44. The van der Waals surface area contributed by atoms with Gasteiger partial charge in [0.15, 0.2) is 6.61 Å². The molecule has 7 heteroatoms. The predicted octanol–water partition coefficient (Wildman–Crippen LogP) is 7.72. The largest absolute Gasteiger partial charge is 0.483 e. The second-order valence-electron chi connectivity index (χ2n) is 10.5. The van der Waals surface area contributed by atoms with Crippen molar-refractivity contribution >= 4 is 50.1 Å². The number of ether oxygens (including phenoxy) is 1. The van der Waals surface area contributed by atoms with Crippen molar-refractivity contribution in [2.45, 2.75) is 57.2 Å². The minimum Gasteiger partial charge on any atom is -0.483 e. The molecule has 0 aromatic heterocycles. The van der Waals surface area contributed by atoms with Crippen LogP contribution in [0.3, 0.4) is 0 Å². The molecule has 5 rings (SSSR count). The molecule has 0 saturated heterocycles. The third-order valence-electron chi connectivity index (χ3n) is 7.70. The van der Waals surface area contributed by atoms with Crippen LogP contribution in [-0.2, 0) is 22.6 Å². The van der Waals surface area contributed by atoms with E-state index in [9.17, 15) is 9.59 Å². The highest BCUT2D eigenvalue weighted by atomic mass is 79.9. The van der Waals surface area contributed by atoms with Crippen LogP contribution in [0.4, 0.5) is 0 Å². The van der Waals surface area contributed by atoms with Crippen LogP contribution in [0.1, 0.15) is 43.2 Å². The summed E-state index contributed by atoms with van der Waals surface area (Å²) in [5, 5.41) is 5.88. The molecule has 0 heterocycles. The zero-order valence-corrected chi connectivity index (χ0v) is 25.2. The lowest BCUT2D eigenvalue weighted by molar-refractivity contribution is -0.143. The molecule has 0 spiro atoms. The summed E-state index contributed by atoms with van der Waals surface area (Å²) in [6.45, 7) is -0.0280. The first-order valence-corrected chi connectivity index (χ1v) is 15.3. The number of benzene rings is 4. The third-order valence-corrected chi connectivity index (χ3v) is 8.89. The van der Waals surface area contributed by atoms with Crippen molar-refractivity contribution in [3.8, 4) is 5.75 Å². The molecule has 1 aliphatic carbocycles. The molecule has 212 valence electrons. The van der Waals surface area contributed by atoms with E-state index in [1.165, 1.54) is 6.42 Å². The topological polar surface area (TPSA) is 58.6 Å². The number of hydrogen-bond donors (Lipinski definition) is 1. The molecule has 1 saturated carbocycles. The van der Waals surface area contributed by atoms with E-state index >= 15 is 0 Å². The summed E-state index contributed by atoms with van der Waals surface area (Å²) in [5.41, 5.74) is 1.75. The lowest BCUT2D eigenvalue weighted by Crippen LogP contribution is -2.53. The zero-order valence-electron chi connectivity index (χ0n) is 22.9. The highest BCUT2D eigenvalue weighted by Gasteiger charge is 2.32. The number of fused-ring (bicyclic) bond motifs is 1. The van der Waals surface area contributed by atoms with Crippen molar-refractivity contribution in [3.63, 3.8) is 0 Å². The van der Waals surface area contributed by atoms with Crippen LogP contribution in [0.25, 0.3) is 10.8 Å². The molecule has 5 nitrogen and oxygen atoms in total. The van der Waals surface area contributed by atoms with Gasteiger partial charge in [-0.05, 0) is 62.8 Å². The van der Waals surface area contributed by atoms with Crippen molar-refractivity contribution in [2.24, 2.45) is 0 Å². The number of hydrogen-bond acceptors (Lipinski definition) is 3. The fraction of sp³-hybridized carbons (Fsp3) is 0.294. The molecule has 0 unspecified atom stereocenters. The summed E-state index contributed by atoms with van der Waals surface area (Å²) < 4.78 is 6.87. The quantitative estimate of drug-likeness (QED) is 0.195. The van der Waals surface area contributed by atoms with Crippen LogP contribution in [0.15, 0.2) is 95.5 Å². The van der Waals surface area contributed by atoms with Gasteiger partial charge in [-0.2, -0.15) is 0 Å². The normalized spacial score (nSPS) is 14.4. The van der Waals surface area contributed by atoms with Gasteiger partial charge in [0.2, 0.25) is 5.91 Å². The monoisotopic (exact) mass is 632 g/mol. The van der Waals surface area contributed by atoms with Crippen LogP contribution in [0.2, 0.25) is 5.02 Å². The Hall–Kier alpha value is -3.35. The van der Waals surface area contributed by atoms with E-state index in [1.54, 1.807) is 11.0 Å². The van der Waals surface area contributed by atoms with Crippen LogP contribution < -0.4 is 10.1 Å². The predicted molar refractivity (Wildman–Crippen MR) is 168 cm³/mol. The van der Waals surface area contributed by atoms with Gasteiger partial charge in [-0.3, -0.25) is 9.59 Å². The smallest absolute Gasteiger partial charge is 0.261 e. The first kappa shape index (κ1) is 29.2. The molecule has 0 radical (unpaired) electrons. The fourth-order valence-electron chi connectivity index (χ4n) is 5.46. The van der Waals surface area contributed by atoms with Crippen LogP contribution in [0, 0.1) is 0 Å². The highest BCUT2D eigenvalue weighted by Crippen LogP contribution is 2.33. The number of nitrogens with one attached hydrogen (secondary N) is 1. The molecule has 1 N–H and O–H groups in total. The van der Waals surface area contributed by atoms with Crippen molar-refractivity contribution in [1.29, 1.82) is 0 Å². The minimum absolute atomic E-state index is 0.122. The molecular weight excluding hydrogens is 600 g/mol. The number of carbonyl (C=O) groups excluding carboxylic acids is 2. The standard InChI is InChI=1S/C34H34BrClN2O3/c35-33-28-17-9-7-13-25(28)19-20-31(33)41-23-32(39)38(22-26-14-8-10-18-29(26)36)30(21-24-11-3-1-4-12-24)34(40)37-27-15-5-2-6-16-27/h1,3-4,7-14,17-20,27,30H,2,5-6,15-16,21-23H2,(H,37,40)/t30-/m1/s1. The number of halogens is 2. The maximum absolute atomic E-state index is 14.0. The molecule has 4 aromatic rings. The van der Waals surface area contributed by atoms with Gasteiger partial charge in [-0.25, -0.2) is 0 Å². The molecule has 41 heavy (non-hydrogen) atoms. The number of amides is 2. The van der Waals surface area contributed by atoms with E-state index in [0.29, 0.717) is 17.2 Å². The Kier molecular flexibility index (Phi) is 9.97. The first-order valence-electron chi connectivity index (χ1n) is 14.2. The molecule has 0 bridgehead atoms. The molecule has 1 aliphatic rings. The van der Waals surface area contributed by atoms with Crippen LogP contribution >= 0.6 is 27.5 Å². The van der Waals surface area contributed by atoms with Gasteiger partial charge in [0.25, 0.3) is 5.91 Å². The van der Waals surface area contributed by atoms with Crippen molar-refractivity contribution in [1.82, 2.24) is 10.2 Å². The number of carbonyl (C=O) groups is 2. The van der Waals surface area contributed by atoms with E-state index < -0.39 is 6.04 Å². The molecule has 2 amide bonds. The zero-order chi connectivity index (χ0) is 28.6. The van der Waals surface area contributed by atoms with Crippen molar-refractivity contribution in [2.75, 3.05) is 6.61 Å². The van der Waals surface area contributed by atoms with Gasteiger partial charge in [0.1, 0.15) is 11.8 Å². The van der Waals surface area contributed by atoms with Crippen molar-refractivity contribution in [3.05, 3.63) is 112 Å². The Labute approximate surface area is 255 Å². The average Bonchev–Trinajstić information content (AvgIpc) is 3.00.